The summed E-state index contributed by atoms with van der Waals surface area (Å²) < 4.78 is 3.05. The molecule has 1 aromatic carbocycles. The second kappa shape index (κ2) is 9.11. The molecule has 4 rings (SSSR count). The van der Waals surface area contributed by atoms with Gasteiger partial charge in [0.15, 0.2) is 0 Å². The number of unbranched alkanes of at least 4 members (excludes halogenated alkanes) is 3. The summed E-state index contributed by atoms with van der Waals surface area (Å²) in [7, 11) is 0. The molecular weight excluding hydrogens is 364 g/mol. The van der Waals surface area contributed by atoms with Gasteiger partial charge in [-0.15, -0.1) is 0 Å². The highest BCUT2D eigenvalue weighted by atomic mass is 32.1. The smallest absolute Gasteiger partial charge is 0.299 e. The molecule has 0 N–H and O–H groups in total. The lowest BCUT2D eigenvalue weighted by atomic mass is 10.0. The molecule has 0 radical (unpaired) electrons. The van der Waals surface area contributed by atoms with E-state index in [4.69, 9.17) is 0 Å². The number of aromatic nitrogens is 1. The second-order valence-electron chi connectivity index (χ2n) is 8.03. The fourth-order valence-corrected chi connectivity index (χ4v) is 5.55. The van der Waals surface area contributed by atoms with Crippen LogP contribution in [0.25, 0.3) is 10.2 Å². The summed E-state index contributed by atoms with van der Waals surface area (Å²) in [6.45, 7) is 4.12. The molecule has 1 aromatic heterocycles. The quantitative estimate of drug-likeness (QED) is 0.476. The largest absolute Gasteiger partial charge is 0.308 e. The van der Waals surface area contributed by atoms with E-state index >= 15 is 0 Å². The first-order valence-electron chi connectivity index (χ1n) is 10.8. The third-order valence-electron chi connectivity index (χ3n) is 6.07. The number of hydrogen-bond acceptors (Lipinski definition) is 3. The Labute approximate surface area is 172 Å². The molecule has 3 heterocycles. The molecule has 2 aliphatic heterocycles. The molecule has 2 bridgehead atoms. The summed E-state index contributed by atoms with van der Waals surface area (Å²) in [6, 6.07) is 9.32. The van der Waals surface area contributed by atoms with Crippen LogP contribution in [0.5, 0.6) is 0 Å². The van der Waals surface area contributed by atoms with E-state index in [-0.39, 0.29) is 4.87 Å². The predicted octanol–water partition coefficient (Wildman–Crippen LogP) is 5.20. The van der Waals surface area contributed by atoms with Crippen LogP contribution in [0.3, 0.4) is 0 Å². The number of para-hydroxylation sites is 1. The number of thiazole rings is 1. The van der Waals surface area contributed by atoms with E-state index in [1.165, 1.54) is 49.0 Å². The van der Waals surface area contributed by atoms with Crippen molar-refractivity contribution in [3.8, 4) is 11.8 Å². The van der Waals surface area contributed by atoms with E-state index in [0.717, 1.165) is 42.6 Å². The molecule has 4 heteroatoms. The van der Waals surface area contributed by atoms with Crippen molar-refractivity contribution in [3.05, 3.63) is 45.6 Å². The molecule has 148 valence electrons. The van der Waals surface area contributed by atoms with Gasteiger partial charge in [0.2, 0.25) is 0 Å². The molecular formula is C24H30N2OS. The number of aryl methyl sites for hydroxylation is 1. The topological polar surface area (TPSA) is 25.2 Å². The van der Waals surface area contributed by atoms with Crippen LogP contribution in [0.1, 0.15) is 58.3 Å². The second-order valence-corrected chi connectivity index (χ2v) is 9.03. The maximum atomic E-state index is 12.3. The molecule has 1 fully saturated rings. The molecule has 2 aromatic rings. The molecule has 0 spiro atoms. The van der Waals surface area contributed by atoms with Gasteiger partial charge in [-0.2, -0.15) is 0 Å². The first-order chi connectivity index (χ1) is 13.8. The van der Waals surface area contributed by atoms with Gasteiger partial charge in [-0.25, -0.2) is 0 Å². The average Bonchev–Trinajstić information content (AvgIpc) is 3.13. The number of benzene rings is 1. The molecule has 0 amide bonds. The van der Waals surface area contributed by atoms with Crippen LogP contribution in [0, 0.1) is 11.8 Å². The van der Waals surface area contributed by atoms with Crippen molar-refractivity contribution in [2.75, 3.05) is 6.54 Å². The summed E-state index contributed by atoms with van der Waals surface area (Å²) in [5, 5.41) is 0. The molecule has 2 unspecified atom stereocenters. The first-order valence-corrected chi connectivity index (χ1v) is 11.6. The van der Waals surface area contributed by atoms with Crippen molar-refractivity contribution in [2.24, 2.45) is 0 Å². The van der Waals surface area contributed by atoms with E-state index in [1.54, 1.807) is 0 Å². The van der Waals surface area contributed by atoms with Gasteiger partial charge in [0.05, 0.1) is 10.2 Å². The molecule has 0 aliphatic carbocycles. The van der Waals surface area contributed by atoms with Crippen molar-refractivity contribution in [2.45, 2.75) is 76.9 Å². The van der Waals surface area contributed by atoms with E-state index in [0.29, 0.717) is 12.1 Å². The monoisotopic (exact) mass is 394 g/mol. The van der Waals surface area contributed by atoms with Crippen molar-refractivity contribution >= 4 is 21.6 Å². The Hall–Kier alpha value is -1.83. The third-order valence-corrected chi connectivity index (χ3v) is 7.03. The number of fused-ring (bicyclic) bond motifs is 3. The lowest BCUT2D eigenvalue weighted by Crippen LogP contribution is -2.39. The molecule has 2 atom stereocenters. The zero-order valence-corrected chi connectivity index (χ0v) is 17.6. The molecule has 0 saturated carbocycles. The van der Waals surface area contributed by atoms with Crippen LogP contribution in [-0.2, 0) is 6.54 Å². The maximum Gasteiger partial charge on any atom is 0.308 e. The van der Waals surface area contributed by atoms with Crippen LogP contribution in [0.4, 0.5) is 0 Å². The Morgan fingerprint density at radius 3 is 2.89 bits per heavy atom. The van der Waals surface area contributed by atoms with Gasteiger partial charge in [0, 0.05) is 37.2 Å². The number of rotatable bonds is 7. The Morgan fingerprint density at radius 1 is 1.14 bits per heavy atom. The summed E-state index contributed by atoms with van der Waals surface area (Å²) in [6.07, 6.45) is 11.9. The lowest BCUT2D eigenvalue weighted by Gasteiger charge is -2.32. The van der Waals surface area contributed by atoms with Crippen molar-refractivity contribution in [1.82, 2.24) is 9.47 Å². The lowest BCUT2D eigenvalue weighted by molar-refractivity contribution is 0.201. The van der Waals surface area contributed by atoms with Crippen LogP contribution < -0.4 is 4.87 Å². The van der Waals surface area contributed by atoms with E-state index in [1.807, 2.05) is 22.8 Å². The van der Waals surface area contributed by atoms with Crippen molar-refractivity contribution < 1.29 is 0 Å². The first kappa shape index (κ1) is 19.5. The molecule has 2 aliphatic rings. The average molecular weight is 395 g/mol. The SMILES string of the molecule is CCCCCC#CC1=CC2CCC(C1)N2CCCn1c(=O)sc2ccccc21. The summed E-state index contributed by atoms with van der Waals surface area (Å²) in [4.78, 5) is 15.1. The number of hydrogen-bond donors (Lipinski definition) is 0. The highest BCUT2D eigenvalue weighted by Crippen LogP contribution is 2.34. The van der Waals surface area contributed by atoms with Gasteiger partial charge in [0.1, 0.15) is 0 Å². The summed E-state index contributed by atoms with van der Waals surface area (Å²) in [5.41, 5.74) is 2.44. The zero-order chi connectivity index (χ0) is 19.3. The molecule has 1 saturated heterocycles. The van der Waals surface area contributed by atoms with Gasteiger partial charge in [0.25, 0.3) is 0 Å². The minimum absolute atomic E-state index is 0.170. The van der Waals surface area contributed by atoms with Crippen molar-refractivity contribution in [1.29, 1.82) is 0 Å². The Morgan fingerprint density at radius 2 is 2.04 bits per heavy atom. The van der Waals surface area contributed by atoms with Crippen molar-refractivity contribution in [3.63, 3.8) is 0 Å². The fourth-order valence-electron chi connectivity index (χ4n) is 4.64. The Kier molecular flexibility index (Phi) is 6.34. The maximum absolute atomic E-state index is 12.3. The number of nitrogens with zero attached hydrogens (tertiary/aromatic N) is 2. The Balaban J connectivity index is 1.34. The predicted molar refractivity (Wildman–Crippen MR) is 119 cm³/mol. The van der Waals surface area contributed by atoms with E-state index in [9.17, 15) is 4.79 Å². The summed E-state index contributed by atoms with van der Waals surface area (Å²) in [5.74, 6) is 6.83. The highest BCUT2D eigenvalue weighted by Gasteiger charge is 2.35. The van der Waals surface area contributed by atoms with Gasteiger partial charge in [-0.05, 0) is 44.2 Å². The fraction of sp³-hybridized carbons (Fsp3) is 0.542. The van der Waals surface area contributed by atoms with Gasteiger partial charge >= 0.3 is 4.87 Å². The standard InChI is InChI=1S/C24H30N2OS/c1-2-3-4-5-6-10-19-17-20-13-14-21(18-19)25(20)15-9-16-26-22-11-7-8-12-23(22)28-24(26)27/h7-8,11-12,17,20-21H,2-5,9,13-16,18H2,1H3. The normalized spacial score (nSPS) is 21.5. The van der Waals surface area contributed by atoms with Gasteiger partial charge < -0.3 is 0 Å². The van der Waals surface area contributed by atoms with E-state index < -0.39 is 0 Å². The van der Waals surface area contributed by atoms with Crippen LogP contribution in [0.15, 0.2) is 40.7 Å². The zero-order valence-electron chi connectivity index (χ0n) is 16.8. The minimum Gasteiger partial charge on any atom is -0.299 e. The minimum atomic E-state index is 0.170. The van der Waals surface area contributed by atoms with Crippen LogP contribution >= 0.6 is 11.3 Å². The van der Waals surface area contributed by atoms with Gasteiger partial charge in [-0.3, -0.25) is 14.3 Å². The molecule has 28 heavy (non-hydrogen) atoms. The summed E-state index contributed by atoms with van der Waals surface area (Å²) >= 11 is 1.36. The van der Waals surface area contributed by atoms with E-state index in [2.05, 4.69) is 35.8 Å². The van der Waals surface area contributed by atoms with Crippen LogP contribution in [0.2, 0.25) is 0 Å². The molecule has 3 nitrogen and oxygen atoms in total. The third kappa shape index (κ3) is 4.26. The highest BCUT2D eigenvalue weighted by molar-refractivity contribution is 7.16. The van der Waals surface area contributed by atoms with Gasteiger partial charge in [-0.1, -0.05) is 61.2 Å². The van der Waals surface area contributed by atoms with Crippen LogP contribution in [-0.4, -0.2) is 28.1 Å². The Bertz CT molecular complexity index is 958.